The van der Waals surface area contributed by atoms with Crippen LogP contribution in [0.4, 0.5) is 0 Å². The molecule has 1 amide bonds. The van der Waals surface area contributed by atoms with Gasteiger partial charge in [-0.15, -0.1) is 0 Å². The molecular weight excluding hydrogens is 206 g/mol. The van der Waals surface area contributed by atoms with E-state index in [1.165, 1.54) is 7.11 Å². The van der Waals surface area contributed by atoms with Gasteiger partial charge in [-0.1, -0.05) is 25.1 Å². The topological polar surface area (TPSA) is 38.8 Å². The fourth-order valence-corrected chi connectivity index (χ4v) is 1.27. The molecule has 0 radical (unpaired) electrons. The largest absolute Gasteiger partial charge is 0.483 e. The maximum Gasteiger partial charge on any atom is 0.283 e. The van der Waals surface area contributed by atoms with Crippen LogP contribution in [0.15, 0.2) is 24.3 Å². The molecule has 0 saturated carbocycles. The standard InChI is InChI=1S/C12H17NO3/c1-4-10-7-5-6-8-11(10)16-9-12(14)13(2)15-3/h5-8H,4,9H2,1-3H3. The lowest BCUT2D eigenvalue weighted by Gasteiger charge is -2.15. The minimum atomic E-state index is -0.214. The molecule has 0 heterocycles. The van der Waals surface area contributed by atoms with E-state index in [-0.39, 0.29) is 12.5 Å². The van der Waals surface area contributed by atoms with Gasteiger partial charge in [0.25, 0.3) is 5.91 Å². The number of carbonyl (C=O) groups excluding carboxylic acids is 1. The van der Waals surface area contributed by atoms with Gasteiger partial charge in [-0.25, -0.2) is 5.06 Å². The molecule has 0 unspecified atom stereocenters. The second-order valence-corrected chi connectivity index (χ2v) is 3.32. The van der Waals surface area contributed by atoms with Crippen molar-refractivity contribution in [2.24, 2.45) is 0 Å². The van der Waals surface area contributed by atoms with Gasteiger partial charge in [0.05, 0.1) is 7.11 Å². The second kappa shape index (κ2) is 6.12. The van der Waals surface area contributed by atoms with Crippen LogP contribution in [0.25, 0.3) is 0 Å². The van der Waals surface area contributed by atoms with Gasteiger partial charge in [0.15, 0.2) is 6.61 Å². The molecule has 0 N–H and O–H groups in total. The maximum atomic E-state index is 11.4. The Morgan fingerprint density at radius 3 is 2.69 bits per heavy atom. The first-order valence-corrected chi connectivity index (χ1v) is 5.20. The number of hydrogen-bond donors (Lipinski definition) is 0. The second-order valence-electron chi connectivity index (χ2n) is 3.32. The van der Waals surface area contributed by atoms with Crippen LogP contribution in [0.2, 0.25) is 0 Å². The summed E-state index contributed by atoms with van der Waals surface area (Å²) in [6, 6.07) is 7.69. The number of para-hydroxylation sites is 1. The van der Waals surface area contributed by atoms with Crippen molar-refractivity contribution in [3.05, 3.63) is 29.8 Å². The predicted octanol–water partition coefficient (Wildman–Crippen LogP) is 1.65. The Morgan fingerprint density at radius 2 is 2.06 bits per heavy atom. The number of carbonyl (C=O) groups is 1. The van der Waals surface area contributed by atoms with E-state index in [1.54, 1.807) is 7.05 Å². The molecule has 0 aliphatic heterocycles. The Kier molecular flexibility index (Phi) is 4.79. The van der Waals surface area contributed by atoms with E-state index in [4.69, 9.17) is 9.57 Å². The Morgan fingerprint density at radius 1 is 1.38 bits per heavy atom. The molecule has 0 spiro atoms. The summed E-state index contributed by atoms with van der Waals surface area (Å²) in [6.07, 6.45) is 0.879. The number of ether oxygens (including phenoxy) is 1. The molecule has 16 heavy (non-hydrogen) atoms. The summed E-state index contributed by atoms with van der Waals surface area (Å²) >= 11 is 0. The van der Waals surface area contributed by atoms with Crippen LogP contribution >= 0.6 is 0 Å². The minimum Gasteiger partial charge on any atom is -0.483 e. The van der Waals surface area contributed by atoms with Crippen molar-refractivity contribution in [1.29, 1.82) is 0 Å². The molecule has 0 fully saturated rings. The van der Waals surface area contributed by atoms with Crippen molar-refractivity contribution in [2.45, 2.75) is 13.3 Å². The zero-order valence-corrected chi connectivity index (χ0v) is 9.90. The summed E-state index contributed by atoms with van der Waals surface area (Å²) in [6.45, 7) is 2.03. The molecule has 0 aliphatic rings. The number of hydrogen-bond acceptors (Lipinski definition) is 3. The van der Waals surface area contributed by atoms with E-state index >= 15 is 0 Å². The summed E-state index contributed by atoms with van der Waals surface area (Å²) in [5, 5.41) is 1.15. The lowest BCUT2D eigenvalue weighted by atomic mass is 10.1. The van der Waals surface area contributed by atoms with Gasteiger partial charge in [-0.2, -0.15) is 0 Å². The molecule has 0 bridgehead atoms. The van der Waals surface area contributed by atoms with Gasteiger partial charge < -0.3 is 4.74 Å². The monoisotopic (exact) mass is 223 g/mol. The summed E-state index contributed by atoms with van der Waals surface area (Å²) < 4.78 is 5.44. The van der Waals surface area contributed by atoms with Crippen LogP contribution in [-0.4, -0.2) is 31.7 Å². The molecule has 0 aliphatic carbocycles. The third-order valence-electron chi connectivity index (χ3n) is 2.33. The highest BCUT2D eigenvalue weighted by atomic mass is 16.7. The smallest absolute Gasteiger partial charge is 0.283 e. The molecule has 0 atom stereocenters. The van der Waals surface area contributed by atoms with Crippen LogP contribution in [0.5, 0.6) is 5.75 Å². The highest BCUT2D eigenvalue weighted by molar-refractivity contribution is 5.76. The van der Waals surface area contributed by atoms with Crippen LogP contribution in [0, 0.1) is 0 Å². The average molecular weight is 223 g/mol. The van der Waals surface area contributed by atoms with Crippen LogP contribution in [0.3, 0.4) is 0 Å². The Labute approximate surface area is 95.7 Å². The highest BCUT2D eigenvalue weighted by Gasteiger charge is 2.09. The van der Waals surface area contributed by atoms with Gasteiger partial charge >= 0.3 is 0 Å². The molecule has 88 valence electrons. The first-order valence-electron chi connectivity index (χ1n) is 5.20. The molecule has 1 aromatic rings. The third-order valence-corrected chi connectivity index (χ3v) is 2.33. The third kappa shape index (κ3) is 3.24. The Bertz CT molecular complexity index is 352. The Hall–Kier alpha value is -1.55. The normalized spacial score (nSPS) is 9.94. The number of hydroxylamine groups is 2. The number of rotatable bonds is 5. The summed E-state index contributed by atoms with van der Waals surface area (Å²) in [5.74, 6) is 0.538. The highest BCUT2D eigenvalue weighted by Crippen LogP contribution is 2.18. The van der Waals surface area contributed by atoms with E-state index in [1.807, 2.05) is 31.2 Å². The van der Waals surface area contributed by atoms with Crippen molar-refractivity contribution in [3.8, 4) is 5.75 Å². The molecule has 0 saturated heterocycles. The lowest BCUT2D eigenvalue weighted by Crippen LogP contribution is -2.30. The first-order chi connectivity index (χ1) is 7.69. The predicted molar refractivity (Wildman–Crippen MR) is 61.1 cm³/mol. The summed E-state index contributed by atoms with van der Waals surface area (Å²) in [7, 11) is 3.00. The zero-order valence-electron chi connectivity index (χ0n) is 9.90. The molecular formula is C12H17NO3. The van der Waals surface area contributed by atoms with E-state index in [0.717, 1.165) is 22.8 Å². The number of nitrogens with zero attached hydrogens (tertiary/aromatic N) is 1. The van der Waals surface area contributed by atoms with Crippen molar-refractivity contribution in [3.63, 3.8) is 0 Å². The molecule has 1 rings (SSSR count). The van der Waals surface area contributed by atoms with E-state index in [0.29, 0.717) is 0 Å². The van der Waals surface area contributed by atoms with Crippen LogP contribution in [-0.2, 0) is 16.1 Å². The molecule has 1 aromatic carbocycles. The quantitative estimate of drug-likeness (QED) is 0.712. The van der Waals surface area contributed by atoms with Gasteiger partial charge in [-0.3, -0.25) is 9.63 Å². The SMILES string of the molecule is CCc1ccccc1OCC(=O)N(C)OC. The Balaban J connectivity index is 2.57. The van der Waals surface area contributed by atoms with E-state index in [2.05, 4.69) is 0 Å². The zero-order chi connectivity index (χ0) is 12.0. The van der Waals surface area contributed by atoms with Gasteiger partial charge in [0.1, 0.15) is 5.75 Å². The van der Waals surface area contributed by atoms with E-state index in [9.17, 15) is 4.79 Å². The molecule has 0 aromatic heterocycles. The average Bonchev–Trinajstić information content (AvgIpc) is 2.35. The van der Waals surface area contributed by atoms with Crippen molar-refractivity contribution < 1.29 is 14.4 Å². The summed E-state index contributed by atoms with van der Waals surface area (Å²) in [4.78, 5) is 16.2. The van der Waals surface area contributed by atoms with Crippen molar-refractivity contribution in [1.82, 2.24) is 5.06 Å². The fourth-order valence-electron chi connectivity index (χ4n) is 1.27. The summed E-state index contributed by atoms with van der Waals surface area (Å²) in [5.41, 5.74) is 1.09. The van der Waals surface area contributed by atoms with Gasteiger partial charge in [0.2, 0.25) is 0 Å². The first kappa shape index (κ1) is 12.5. The number of aryl methyl sites for hydroxylation is 1. The van der Waals surface area contributed by atoms with E-state index < -0.39 is 0 Å². The maximum absolute atomic E-state index is 11.4. The lowest BCUT2D eigenvalue weighted by molar-refractivity contribution is -0.170. The van der Waals surface area contributed by atoms with Crippen molar-refractivity contribution in [2.75, 3.05) is 20.8 Å². The number of likely N-dealkylation sites (N-methyl/N-ethyl adjacent to an activating group) is 1. The van der Waals surface area contributed by atoms with Crippen LogP contribution in [0.1, 0.15) is 12.5 Å². The van der Waals surface area contributed by atoms with Gasteiger partial charge in [0, 0.05) is 7.05 Å². The number of amides is 1. The fraction of sp³-hybridized carbons (Fsp3) is 0.417. The van der Waals surface area contributed by atoms with Crippen LogP contribution < -0.4 is 4.74 Å². The minimum absolute atomic E-state index is 0.0125. The van der Waals surface area contributed by atoms with Crippen molar-refractivity contribution >= 4 is 5.91 Å². The number of benzene rings is 1. The molecule has 4 heteroatoms. The van der Waals surface area contributed by atoms with Gasteiger partial charge in [-0.05, 0) is 18.1 Å². The molecule has 4 nitrogen and oxygen atoms in total.